The molecule has 1 atom stereocenters. The van der Waals surface area contributed by atoms with E-state index < -0.39 is 6.10 Å². The molecule has 0 fully saturated rings. The first-order valence-electron chi connectivity index (χ1n) is 7.89. The number of methoxy groups -OCH3 is 1. The summed E-state index contributed by atoms with van der Waals surface area (Å²) in [5.74, 6) is 0.845. The number of amides is 2. The molecule has 0 saturated heterocycles. The van der Waals surface area contributed by atoms with Crippen LogP contribution in [0.3, 0.4) is 0 Å². The fourth-order valence-electron chi connectivity index (χ4n) is 2.18. The predicted molar refractivity (Wildman–Crippen MR) is 97.2 cm³/mol. The largest absolute Gasteiger partial charge is 0.497 e. The summed E-state index contributed by atoms with van der Waals surface area (Å²) in [6.45, 7) is 4.99. The van der Waals surface area contributed by atoms with Gasteiger partial charge in [0, 0.05) is 18.3 Å². The maximum absolute atomic E-state index is 12.3. The number of hydrogen-bond acceptors (Lipinski definition) is 4. The number of nitrogens with one attached hydrogen (secondary N) is 2. The van der Waals surface area contributed by atoms with Crippen LogP contribution in [0.2, 0.25) is 0 Å². The van der Waals surface area contributed by atoms with Crippen molar-refractivity contribution in [3.8, 4) is 11.5 Å². The summed E-state index contributed by atoms with van der Waals surface area (Å²) in [5.41, 5.74) is 2.16. The molecule has 2 rings (SSSR count). The Labute approximate surface area is 147 Å². The van der Waals surface area contributed by atoms with Crippen molar-refractivity contribution in [2.45, 2.75) is 26.9 Å². The van der Waals surface area contributed by atoms with Gasteiger partial charge in [0.2, 0.25) is 5.91 Å². The first kappa shape index (κ1) is 18.3. The molecule has 0 saturated carbocycles. The lowest BCUT2D eigenvalue weighted by atomic mass is 10.1. The Morgan fingerprint density at radius 2 is 1.64 bits per heavy atom. The zero-order chi connectivity index (χ0) is 18.4. The first-order chi connectivity index (χ1) is 11.9. The second-order valence-electron chi connectivity index (χ2n) is 5.64. The number of carbonyl (C=O) groups excluding carboxylic acids is 2. The molecular formula is C19H22N2O4. The lowest BCUT2D eigenvalue weighted by Crippen LogP contribution is -2.30. The summed E-state index contributed by atoms with van der Waals surface area (Å²) in [6, 6.07) is 12.3. The highest BCUT2D eigenvalue weighted by atomic mass is 16.5. The molecule has 6 nitrogen and oxygen atoms in total. The van der Waals surface area contributed by atoms with Gasteiger partial charge in [-0.25, -0.2) is 0 Å². The maximum atomic E-state index is 12.3. The molecule has 0 bridgehead atoms. The standard InChI is InChI=1S/C19H22N2O4/c1-12-5-6-15(11-18(12)20-14(3)22)21-19(23)13(2)25-17-9-7-16(24-4)8-10-17/h5-11,13H,1-4H3,(H,20,22)(H,21,23). The van der Waals surface area contributed by atoms with Gasteiger partial charge in [-0.1, -0.05) is 6.07 Å². The Morgan fingerprint density at radius 3 is 2.24 bits per heavy atom. The first-order valence-corrected chi connectivity index (χ1v) is 7.89. The second kappa shape index (κ2) is 8.19. The highest BCUT2D eigenvalue weighted by Crippen LogP contribution is 2.21. The molecule has 0 spiro atoms. The van der Waals surface area contributed by atoms with E-state index in [9.17, 15) is 9.59 Å². The monoisotopic (exact) mass is 342 g/mol. The van der Waals surface area contributed by atoms with Crippen LogP contribution < -0.4 is 20.1 Å². The van der Waals surface area contributed by atoms with Crippen molar-refractivity contribution >= 4 is 23.2 Å². The van der Waals surface area contributed by atoms with Crippen molar-refractivity contribution in [3.63, 3.8) is 0 Å². The van der Waals surface area contributed by atoms with Gasteiger partial charge < -0.3 is 20.1 Å². The van der Waals surface area contributed by atoms with Crippen LogP contribution in [-0.2, 0) is 9.59 Å². The molecule has 0 radical (unpaired) electrons. The van der Waals surface area contributed by atoms with Crippen LogP contribution in [0.4, 0.5) is 11.4 Å². The molecule has 2 amide bonds. The van der Waals surface area contributed by atoms with E-state index in [-0.39, 0.29) is 11.8 Å². The van der Waals surface area contributed by atoms with E-state index in [1.54, 1.807) is 50.4 Å². The molecule has 0 aliphatic carbocycles. The molecule has 6 heteroatoms. The Bertz CT molecular complexity index is 757. The van der Waals surface area contributed by atoms with E-state index in [1.165, 1.54) is 6.92 Å². The SMILES string of the molecule is COc1ccc(OC(C)C(=O)Nc2ccc(C)c(NC(C)=O)c2)cc1. The molecule has 2 aromatic rings. The topological polar surface area (TPSA) is 76.7 Å². The highest BCUT2D eigenvalue weighted by molar-refractivity contribution is 5.96. The van der Waals surface area contributed by atoms with Crippen LogP contribution in [0.1, 0.15) is 19.4 Å². The summed E-state index contributed by atoms with van der Waals surface area (Å²) in [6.07, 6.45) is -0.682. The number of aryl methyl sites for hydroxylation is 1. The normalized spacial score (nSPS) is 11.4. The van der Waals surface area contributed by atoms with Gasteiger partial charge in [0.1, 0.15) is 11.5 Å². The van der Waals surface area contributed by atoms with Crippen LogP contribution in [0.15, 0.2) is 42.5 Å². The maximum Gasteiger partial charge on any atom is 0.265 e. The van der Waals surface area contributed by atoms with E-state index in [0.717, 1.165) is 11.3 Å². The fraction of sp³-hybridized carbons (Fsp3) is 0.263. The van der Waals surface area contributed by atoms with Gasteiger partial charge in [0.25, 0.3) is 5.91 Å². The van der Waals surface area contributed by atoms with Crippen LogP contribution in [-0.4, -0.2) is 25.0 Å². The minimum Gasteiger partial charge on any atom is -0.497 e. The summed E-state index contributed by atoms with van der Waals surface area (Å²) in [4.78, 5) is 23.5. The zero-order valence-electron chi connectivity index (χ0n) is 14.8. The molecule has 0 aliphatic rings. The van der Waals surface area contributed by atoms with E-state index >= 15 is 0 Å². The van der Waals surface area contributed by atoms with Crippen molar-refractivity contribution < 1.29 is 19.1 Å². The van der Waals surface area contributed by atoms with Gasteiger partial charge in [-0.2, -0.15) is 0 Å². The third-order valence-electron chi connectivity index (χ3n) is 3.56. The van der Waals surface area contributed by atoms with E-state index in [0.29, 0.717) is 17.1 Å². The minimum absolute atomic E-state index is 0.164. The van der Waals surface area contributed by atoms with Gasteiger partial charge >= 0.3 is 0 Å². The summed E-state index contributed by atoms with van der Waals surface area (Å²) >= 11 is 0. The summed E-state index contributed by atoms with van der Waals surface area (Å²) in [7, 11) is 1.59. The second-order valence-corrected chi connectivity index (χ2v) is 5.64. The number of carbonyl (C=O) groups is 2. The van der Waals surface area contributed by atoms with Crippen LogP contribution >= 0.6 is 0 Å². The molecule has 2 aromatic carbocycles. The number of ether oxygens (including phenoxy) is 2. The smallest absolute Gasteiger partial charge is 0.265 e. The van der Waals surface area contributed by atoms with E-state index in [4.69, 9.17) is 9.47 Å². The average molecular weight is 342 g/mol. The van der Waals surface area contributed by atoms with Crippen LogP contribution in [0, 0.1) is 6.92 Å². The van der Waals surface area contributed by atoms with Crippen molar-refractivity contribution in [1.82, 2.24) is 0 Å². The third-order valence-corrected chi connectivity index (χ3v) is 3.56. The van der Waals surface area contributed by atoms with Crippen molar-refractivity contribution in [2.24, 2.45) is 0 Å². The zero-order valence-corrected chi connectivity index (χ0v) is 14.8. The van der Waals surface area contributed by atoms with Crippen LogP contribution in [0.5, 0.6) is 11.5 Å². The molecule has 0 heterocycles. The summed E-state index contributed by atoms with van der Waals surface area (Å²) in [5, 5.41) is 5.52. The fourth-order valence-corrected chi connectivity index (χ4v) is 2.18. The lowest BCUT2D eigenvalue weighted by Gasteiger charge is -2.16. The molecular weight excluding hydrogens is 320 g/mol. The Balaban J connectivity index is 2.01. The van der Waals surface area contributed by atoms with Gasteiger partial charge in [-0.05, 0) is 55.8 Å². The molecule has 1 unspecified atom stereocenters. The Kier molecular flexibility index (Phi) is 6.00. The molecule has 132 valence electrons. The van der Waals surface area contributed by atoms with Gasteiger partial charge in [-0.15, -0.1) is 0 Å². The molecule has 0 aliphatic heterocycles. The number of anilines is 2. The molecule has 25 heavy (non-hydrogen) atoms. The van der Waals surface area contributed by atoms with Gasteiger partial charge in [-0.3, -0.25) is 9.59 Å². The van der Waals surface area contributed by atoms with Crippen molar-refractivity contribution in [1.29, 1.82) is 0 Å². The number of hydrogen-bond donors (Lipinski definition) is 2. The van der Waals surface area contributed by atoms with E-state index in [1.807, 2.05) is 13.0 Å². The summed E-state index contributed by atoms with van der Waals surface area (Å²) < 4.78 is 10.7. The molecule has 0 aromatic heterocycles. The number of rotatable bonds is 6. The molecule has 2 N–H and O–H groups in total. The predicted octanol–water partition coefficient (Wildman–Crippen LogP) is 3.37. The average Bonchev–Trinajstić information content (AvgIpc) is 2.58. The highest BCUT2D eigenvalue weighted by Gasteiger charge is 2.15. The van der Waals surface area contributed by atoms with E-state index in [2.05, 4.69) is 10.6 Å². The van der Waals surface area contributed by atoms with Crippen molar-refractivity contribution in [3.05, 3.63) is 48.0 Å². The third kappa shape index (κ3) is 5.24. The Morgan fingerprint density at radius 1 is 1.00 bits per heavy atom. The minimum atomic E-state index is -0.682. The van der Waals surface area contributed by atoms with Crippen LogP contribution in [0.25, 0.3) is 0 Å². The van der Waals surface area contributed by atoms with Crippen molar-refractivity contribution in [2.75, 3.05) is 17.7 Å². The number of benzene rings is 2. The van der Waals surface area contributed by atoms with Gasteiger partial charge in [0.15, 0.2) is 6.10 Å². The van der Waals surface area contributed by atoms with Gasteiger partial charge in [0.05, 0.1) is 7.11 Å². The lowest BCUT2D eigenvalue weighted by molar-refractivity contribution is -0.122. The quantitative estimate of drug-likeness (QED) is 0.844. The Hall–Kier alpha value is -3.02.